The standard InChI is InChI=1S/C29H31FN4O.C26H27FN4O2.C25H24FN3O2/c1-17(28-33-26-11-9-20(15-27(26)34-28)29(35)32-22-3-2-4-22)18-5-7-19(8-6-18)23-13-14-31-25-12-10-21(30)16-24(23)25;1-15(25-29-23-9-7-18(13-24(23)30-25)26(32)31-33-2)16-3-5-17(6-4-16)20-11-12-28-22-10-8-19(27)14-21(20)22;1-14(24-28-22-8-6-17(25(30)31)12-23(22)29-24)15-2-4-16(5-3-15)19-10-11-27-21-9-7-18(26)13-20(19)21/h9-19,22H,2-8H2,1H3,(H,32,35)(H,33,34);7-17H,3-6H2,1-2H3,(H,29,30)(H,31,32);6-16H,2-5H2,1H3,(H,28,29)(H,30,31). The molecule has 19 heteroatoms. The highest BCUT2D eigenvalue weighted by Crippen LogP contribution is 2.47. The molecule has 0 bridgehead atoms. The number of imidazole rings is 3. The molecule has 16 nitrogen and oxygen atoms in total. The van der Waals surface area contributed by atoms with E-state index in [1.807, 2.05) is 55.0 Å². The number of amides is 2. The van der Waals surface area contributed by atoms with Crippen LogP contribution in [0.5, 0.6) is 0 Å². The number of fused-ring (bicyclic) bond motifs is 6. The number of aromatic carboxylic acids is 1. The predicted molar refractivity (Wildman–Crippen MR) is 379 cm³/mol. The second kappa shape index (κ2) is 28.9. The maximum absolute atomic E-state index is 13.9. The minimum atomic E-state index is -0.937. The maximum atomic E-state index is 13.9. The van der Waals surface area contributed by atoms with E-state index < -0.39 is 5.97 Å². The fourth-order valence-corrected chi connectivity index (χ4v) is 16.1. The third kappa shape index (κ3) is 14.4. The molecule has 3 atom stereocenters. The molecule has 6 aromatic heterocycles. The first-order valence-corrected chi connectivity index (χ1v) is 35.1. The SMILES string of the molecule is CC(c1nc2ccc(C(=O)NC3CCC3)cc2[nH]1)C1CCC(c2ccnc3ccc(F)cc23)CC1.CC(c1nc2ccc(C(=O)O)cc2[nH]1)C1CCC(c2ccnc3ccc(F)cc23)CC1.CONC(=O)c1ccc2nc(C(C)C3CCC(c4ccnc5ccc(F)cc45)CC3)[nH]c2c1. The molecule has 6 heterocycles. The summed E-state index contributed by atoms with van der Waals surface area (Å²) < 4.78 is 41.6. The monoisotopic (exact) mass is 1330 g/mol. The van der Waals surface area contributed by atoms with Gasteiger partial charge in [0.25, 0.3) is 11.8 Å². The molecule has 6 N–H and O–H groups in total. The number of aromatic nitrogens is 9. The van der Waals surface area contributed by atoms with Gasteiger partial charge < -0.3 is 25.4 Å². The maximum Gasteiger partial charge on any atom is 0.335 e. The number of hydrogen-bond acceptors (Lipinski definition) is 10. The Balaban J connectivity index is 0.000000127. The number of carbonyl (C=O) groups excluding carboxylic acids is 2. The molecule has 2 amide bonds. The first kappa shape index (κ1) is 66.4. The van der Waals surface area contributed by atoms with Crippen LogP contribution in [0.3, 0.4) is 0 Å². The van der Waals surface area contributed by atoms with Crippen molar-refractivity contribution in [3.05, 3.63) is 214 Å². The summed E-state index contributed by atoms with van der Waals surface area (Å²) in [5.41, 5.74) is 15.1. The normalized spacial score (nSPS) is 20.5. The predicted octanol–water partition coefficient (Wildman–Crippen LogP) is 18.3. The molecule has 99 heavy (non-hydrogen) atoms. The number of benzene rings is 6. The van der Waals surface area contributed by atoms with Crippen molar-refractivity contribution in [2.45, 2.75) is 159 Å². The summed E-state index contributed by atoms with van der Waals surface area (Å²) in [6.07, 6.45) is 21.8. The lowest BCUT2D eigenvalue weighted by Gasteiger charge is -2.32. The number of pyridine rings is 3. The van der Waals surface area contributed by atoms with E-state index in [-0.39, 0.29) is 46.7 Å². The van der Waals surface area contributed by atoms with Crippen molar-refractivity contribution < 1.29 is 37.5 Å². The molecule has 4 fully saturated rings. The van der Waals surface area contributed by atoms with Crippen LogP contribution in [-0.2, 0) is 4.84 Å². The summed E-state index contributed by atoms with van der Waals surface area (Å²) in [6.45, 7) is 6.67. The quantitative estimate of drug-likeness (QED) is 0.0561. The van der Waals surface area contributed by atoms with E-state index in [9.17, 15) is 32.7 Å². The molecule has 4 aliphatic rings. The van der Waals surface area contributed by atoms with Crippen LogP contribution >= 0.6 is 0 Å². The van der Waals surface area contributed by atoms with Gasteiger partial charge in [-0.15, -0.1) is 0 Å². The average Bonchev–Trinajstić information content (AvgIpc) is 1.14. The number of rotatable bonds is 14. The number of carboxylic acids is 1. The first-order valence-electron chi connectivity index (χ1n) is 35.1. The largest absolute Gasteiger partial charge is 0.478 e. The number of aromatic amines is 3. The molecule has 6 aromatic carbocycles. The summed E-state index contributed by atoms with van der Waals surface area (Å²) in [4.78, 5) is 78.4. The van der Waals surface area contributed by atoms with Crippen molar-refractivity contribution in [3.63, 3.8) is 0 Å². The number of hydroxylamine groups is 1. The Labute approximate surface area is 571 Å². The zero-order valence-corrected chi connectivity index (χ0v) is 56.1. The Bertz CT molecular complexity index is 4950. The van der Waals surface area contributed by atoms with Gasteiger partial charge in [0.1, 0.15) is 34.9 Å². The Kier molecular flexibility index (Phi) is 19.4. The minimum Gasteiger partial charge on any atom is -0.478 e. The molecular weight excluding hydrogens is 1250 g/mol. The van der Waals surface area contributed by atoms with Crippen molar-refractivity contribution in [2.24, 2.45) is 17.8 Å². The Hall–Kier alpha value is -9.88. The Morgan fingerprint density at radius 2 is 0.768 bits per heavy atom. The highest BCUT2D eigenvalue weighted by molar-refractivity contribution is 5.98. The van der Waals surface area contributed by atoms with Gasteiger partial charge in [-0.2, -0.15) is 0 Å². The second-order valence-electron chi connectivity index (χ2n) is 28.0. The van der Waals surface area contributed by atoms with Gasteiger partial charge in [0.2, 0.25) is 0 Å². The van der Waals surface area contributed by atoms with Crippen LogP contribution < -0.4 is 10.8 Å². The van der Waals surface area contributed by atoms with E-state index in [2.05, 4.69) is 67.5 Å². The summed E-state index contributed by atoms with van der Waals surface area (Å²) in [7, 11) is 1.41. The molecule has 0 aliphatic heterocycles. The molecule has 4 aliphatic carbocycles. The molecule has 16 rings (SSSR count). The minimum absolute atomic E-state index is 0.00244. The highest BCUT2D eigenvalue weighted by atomic mass is 19.1. The second-order valence-corrected chi connectivity index (χ2v) is 28.0. The fourth-order valence-electron chi connectivity index (χ4n) is 16.1. The summed E-state index contributed by atoms with van der Waals surface area (Å²) >= 11 is 0. The van der Waals surface area contributed by atoms with Gasteiger partial charge in [0.05, 0.1) is 62.3 Å². The molecular formula is C80H82F3N11O5. The summed E-state index contributed by atoms with van der Waals surface area (Å²) in [6, 6.07) is 37.2. The van der Waals surface area contributed by atoms with Crippen molar-refractivity contribution in [1.29, 1.82) is 0 Å². The number of nitrogens with zero attached hydrogens (tertiary/aromatic N) is 6. The lowest BCUT2D eigenvalue weighted by atomic mass is 9.73. The highest BCUT2D eigenvalue weighted by Gasteiger charge is 2.33. The van der Waals surface area contributed by atoms with Crippen LogP contribution in [0.4, 0.5) is 13.2 Å². The third-order valence-electron chi connectivity index (χ3n) is 22.2. The number of nitrogens with one attached hydrogen (secondary N) is 5. The molecule has 12 aromatic rings. The number of hydrogen-bond donors (Lipinski definition) is 6. The van der Waals surface area contributed by atoms with E-state index in [0.717, 1.165) is 173 Å². The van der Waals surface area contributed by atoms with E-state index in [1.54, 1.807) is 66.7 Å². The molecule has 3 unspecified atom stereocenters. The van der Waals surface area contributed by atoms with E-state index in [0.29, 0.717) is 58.6 Å². The van der Waals surface area contributed by atoms with Crippen LogP contribution in [0.2, 0.25) is 0 Å². The first-order chi connectivity index (χ1) is 48.1. The Morgan fingerprint density at radius 3 is 1.10 bits per heavy atom. The number of carboxylic acid groups (broad SMARTS) is 1. The summed E-state index contributed by atoms with van der Waals surface area (Å²) in [5, 5.41) is 15.1. The number of halogens is 3. The lowest BCUT2D eigenvalue weighted by Crippen LogP contribution is -2.39. The van der Waals surface area contributed by atoms with Crippen LogP contribution in [0.15, 0.2) is 146 Å². The zero-order chi connectivity index (χ0) is 68.4. The van der Waals surface area contributed by atoms with Crippen LogP contribution in [-0.4, -0.2) is 80.9 Å². The third-order valence-corrected chi connectivity index (χ3v) is 22.2. The molecule has 4 saturated carbocycles. The van der Waals surface area contributed by atoms with Crippen molar-refractivity contribution >= 4 is 83.6 Å². The van der Waals surface area contributed by atoms with Crippen LogP contribution in [0, 0.1) is 35.2 Å². The van der Waals surface area contributed by atoms with Crippen molar-refractivity contribution in [3.8, 4) is 0 Å². The van der Waals surface area contributed by atoms with Gasteiger partial charge in [0, 0.05) is 69.7 Å². The van der Waals surface area contributed by atoms with Gasteiger partial charge in [0.15, 0.2) is 0 Å². The Morgan fingerprint density at radius 1 is 0.434 bits per heavy atom. The zero-order valence-electron chi connectivity index (χ0n) is 56.1. The van der Waals surface area contributed by atoms with E-state index in [4.69, 9.17) is 19.8 Å². The molecule has 508 valence electrons. The van der Waals surface area contributed by atoms with Crippen molar-refractivity contribution in [2.75, 3.05) is 7.11 Å². The van der Waals surface area contributed by atoms with Crippen LogP contribution in [0.1, 0.15) is 218 Å². The smallest absolute Gasteiger partial charge is 0.335 e. The molecule has 0 radical (unpaired) electrons. The number of carbonyl (C=O) groups is 3. The van der Waals surface area contributed by atoms with Gasteiger partial charge in [-0.05, 0) is 276 Å². The van der Waals surface area contributed by atoms with Gasteiger partial charge in [-0.1, -0.05) is 20.8 Å². The topological polar surface area (TPSA) is 229 Å². The van der Waals surface area contributed by atoms with Gasteiger partial charge >= 0.3 is 5.97 Å². The summed E-state index contributed by atoms with van der Waals surface area (Å²) in [5.74, 6) is 4.65. The van der Waals surface area contributed by atoms with Crippen molar-refractivity contribution in [1.82, 2.24) is 55.7 Å². The lowest BCUT2D eigenvalue weighted by molar-refractivity contribution is 0.0537. The van der Waals surface area contributed by atoms with Gasteiger partial charge in [-0.3, -0.25) is 29.4 Å². The average molecular weight is 1330 g/mol. The molecule has 0 spiro atoms. The molecule has 0 saturated heterocycles. The van der Waals surface area contributed by atoms with E-state index in [1.165, 1.54) is 48.4 Å². The fraction of sp³-hybridized carbons (Fsp3) is 0.362. The van der Waals surface area contributed by atoms with Gasteiger partial charge in [-0.25, -0.2) is 38.4 Å². The van der Waals surface area contributed by atoms with E-state index >= 15 is 0 Å². The van der Waals surface area contributed by atoms with Crippen LogP contribution in [0.25, 0.3) is 65.8 Å². The number of H-pyrrole nitrogens is 3.